The smallest absolute Gasteiger partial charge is 0.408 e. The summed E-state index contributed by atoms with van der Waals surface area (Å²) < 4.78 is 44.9. The van der Waals surface area contributed by atoms with Crippen molar-refractivity contribution in [3.8, 4) is 0 Å². The van der Waals surface area contributed by atoms with Crippen molar-refractivity contribution in [3.05, 3.63) is 70.2 Å². The molecule has 2 aromatic carbocycles. The van der Waals surface area contributed by atoms with Crippen LogP contribution >= 0.6 is 0 Å². The molecule has 3 aromatic rings. The van der Waals surface area contributed by atoms with Gasteiger partial charge in [0.2, 0.25) is 5.91 Å². The van der Waals surface area contributed by atoms with E-state index in [1.807, 2.05) is 0 Å². The van der Waals surface area contributed by atoms with Gasteiger partial charge in [-0.3, -0.25) is 9.36 Å². The van der Waals surface area contributed by atoms with Crippen LogP contribution in [0.1, 0.15) is 37.1 Å². The van der Waals surface area contributed by atoms with Crippen LogP contribution in [-0.4, -0.2) is 10.5 Å². The lowest BCUT2D eigenvalue weighted by molar-refractivity contribution is -0.137. The summed E-state index contributed by atoms with van der Waals surface area (Å²) in [4.78, 5) is 24.7. The molecule has 0 bridgehead atoms. The number of nitrogens with one attached hydrogen (secondary N) is 1. The molecule has 0 aliphatic rings. The third-order valence-electron chi connectivity index (χ3n) is 4.36. The zero-order valence-electron chi connectivity index (χ0n) is 14.6. The van der Waals surface area contributed by atoms with Crippen molar-refractivity contribution < 1.29 is 22.4 Å². The Hall–Kier alpha value is -3.03. The van der Waals surface area contributed by atoms with Crippen molar-refractivity contribution in [2.24, 2.45) is 0 Å². The molecule has 2 unspecified atom stereocenters. The number of fused-ring (bicyclic) bond motifs is 1. The number of alkyl halides is 3. The van der Waals surface area contributed by atoms with Crippen LogP contribution in [0.25, 0.3) is 11.1 Å². The number of para-hydroxylation sites is 2. The van der Waals surface area contributed by atoms with Gasteiger partial charge in [0.05, 0.1) is 17.1 Å². The fourth-order valence-electron chi connectivity index (χ4n) is 2.87. The summed E-state index contributed by atoms with van der Waals surface area (Å²) in [6.45, 7) is 3.11. The molecule has 0 aliphatic heterocycles. The lowest BCUT2D eigenvalue weighted by Gasteiger charge is -2.19. The Kier molecular flexibility index (Phi) is 4.82. The molecule has 0 radical (unpaired) electrons. The van der Waals surface area contributed by atoms with Crippen LogP contribution in [0.15, 0.2) is 57.7 Å². The molecule has 8 heteroatoms. The van der Waals surface area contributed by atoms with Gasteiger partial charge >= 0.3 is 11.9 Å². The predicted octanol–water partition coefficient (Wildman–Crippen LogP) is 4.05. The summed E-state index contributed by atoms with van der Waals surface area (Å²) >= 11 is 0. The second-order valence-corrected chi connectivity index (χ2v) is 6.24. The Morgan fingerprint density at radius 2 is 1.81 bits per heavy atom. The van der Waals surface area contributed by atoms with Crippen molar-refractivity contribution in [3.63, 3.8) is 0 Å². The molecular formula is C19H17F3N2O3. The van der Waals surface area contributed by atoms with Crippen molar-refractivity contribution in [2.45, 2.75) is 32.1 Å². The first-order valence-electron chi connectivity index (χ1n) is 8.26. The van der Waals surface area contributed by atoms with Gasteiger partial charge in [0.15, 0.2) is 5.58 Å². The molecule has 0 spiro atoms. The summed E-state index contributed by atoms with van der Waals surface area (Å²) in [7, 11) is 0. The molecular weight excluding hydrogens is 361 g/mol. The number of hydrogen-bond donors (Lipinski definition) is 1. The normalized spacial score (nSPS) is 14.1. The Morgan fingerprint density at radius 3 is 2.52 bits per heavy atom. The highest BCUT2D eigenvalue weighted by Crippen LogP contribution is 2.30. The molecule has 27 heavy (non-hydrogen) atoms. The summed E-state index contributed by atoms with van der Waals surface area (Å²) in [5, 5.41) is 2.65. The van der Waals surface area contributed by atoms with Gasteiger partial charge in [-0.15, -0.1) is 0 Å². The highest BCUT2D eigenvalue weighted by atomic mass is 19.4. The van der Waals surface area contributed by atoms with Crippen LogP contribution in [0.4, 0.5) is 13.2 Å². The summed E-state index contributed by atoms with van der Waals surface area (Å²) in [5.41, 5.74) is 0.353. The van der Waals surface area contributed by atoms with Crippen LogP contribution in [0.2, 0.25) is 0 Å². The first-order chi connectivity index (χ1) is 12.7. The molecule has 5 nitrogen and oxygen atoms in total. The molecule has 1 N–H and O–H groups in total. The first kappa shape index (κ1) is 18.8. The van der Waals surface area contributed by atoms with Crippen molar-refractivity contribution in [1.29, 1.82) is 0 Å². The SMILES string of the molecule is CC(NC(=O)C(C)n1c(=O)oc2ccccc21)c1cccc(C(F)(F)F)c1. The fraction of sp³-hybridized carbons (Fsp3) is 0.263. The van der Waals surface area contributed by atoms with Crippen LogP contribution in [0.5, 0.6) is 0 Å². The van der Waals surface area contributed by atoms with E-state index in [2.05, 4.69) is 5.32 Å². The Balaban J connectivity index is 1.82. The predicted molar refractivity (Wildman–Crippen MR) is 93.2 cm³/mol. The van der Waals surface area contributed by atoms with E-state index < -0.39 is 35.5 Å². The number of amides is 1. The Morgan fingerprint density at radius 1 is 1.11 bits per heavy atom. The number of aromatic nitrogens is 1. The molecule has 0 saturated carbocycles. The molecule has 3 rings (SSSR count). The number of halogens is 3. The minimum absolute atomic E-state index is 0.315. The number of rotatable bonds is 4. The number of benzene rings is 2. The van der Waals surface area contributed by atoms with E-state index in [-0.39, 0.29) is 0 Å². The van der Waals surface area contributed by atoms with E-state index in [0.717, 1.165) is 12.1 Å². The van der Waals surface area contributed by atoms with Gasteiger partial charge in [-0.05, 0) is 43.7 Å². The Labute approximate surface area is 152 Å². The van der Waals surface area contributed by atoms with E-state index in [1.165, 1.54) is 23.6 Å². The zero-order chi connectivity index (χ0) is 19.8. The molecule has 2 atom stereocenters. The average molecular weight is 378 g/mol. The van der Waals surface area contributed by atoms with Gasteiger partial charge in [0.1, 0.15) is 6.04 Å². The molecule has 1 aromatic heterocycles. The molecule has 142 valence electrons. The Bertz CT molecular complexity index is 1040. The summed E-state index contributed by atoms with van der Waals surface area (Å²) in [6.07, 6.45) is -4.46. The zero-order valence-corrected chi connectivity index (χ0v) is 14.6. The van der Waals surface area contributed by atoms with Gasteiger partial charge in [0, 0.05) is 0 Å². The van der Waals surface area contributed by atoms with Gasteiger partial charge in [0.25, 0.3) is 0 Å². The highest BCUT2D eigenvalue weighted by molar-refractivity contribution is 5.83. The van der Waals surface area contributed by atoms with E-state index in [1.54, 1.807) is 31.2 Å². The number of carbonyl (C=O) groups is 1. The third kappa shape index (κ3) is 3.74. The molecule has 0 saturated heterocycles. The van der Waals surface area contributed by atoms with Crippen LogP contribution in [-0.2, 0) is 11.0 Å². The monoisotopic (exact) mass is 378 g/mol. The number of nitrogens with zero attached hydrogens (tertiary/aromatic N) is 1. The standard InChI is InChI=1S/C19H17F3N2O3/c1-11(13-6-5-7-14(10-13)19(20,21)22)23-17(25)12(2)24-15-8-3-4-9-16(15)27-18(24)26/h3-12H,1-2H3,(H,23,25). The maximum Gasteiger partial charge on any atom is 0.420 e. The highest BCUT2D eigenvalue weighted by Gasteiger charge is 2.31. The van der Waals surface area contributed by atoms with Crippen molar-refractivity contribution in [1.82, 2.24) is 9.88 Å². The lowest BCUT2D eigenvalue weighted by Crippen LogP contribution is -2.35. The van der Waals surface area contributed by atoms with Crippen molar-refractivity contribution >= 4 is 17.0 Å². The first-order valence-corrected chi connectivity index (χ1v) is 8.26. The quantitative estimate of drug-likeness (QED) is 0.745. The van der Waals surface area contributed by atoms with Crippen LogP contribution in [0.3, 0.4) is 0 Å². The summed E-state index contributed by atoms with van der Waals surface area (Å²) in [6, 6.07) is 9.88. The fourth-order valence-corrected chi connectivity index (χ4v) is 2.87. The topological polar surface area (TPSA) is 64.2 Å². The molecule has 1 amide bonds. The third-order valence-corrected chi connectivity index (χ3v) is 4.36. The second-order valence-electron chi connectivity index (χ2n) is 6.24. The van der Waals surface area contributed by atoms with Crippen molar-refractivity contribution in [2.75, 3.05) is 0 Å². The van der Waals surface area contributed by atoms with Crippen LogP contribution in [0, 0.1) is 0 Å². The van der Waals surface area contributed by atoms with E-state index in [0.29, 0.717) is 16.7 Å². The second kappa shape index (κ2) is 6.94. The maximum atomic E-state index is 12.9. The minimum atomic E-state index is -4.46. The van der Waals surface area contributed by atoms with Gasteiger partial charge in [-0.1, -0.05) is 24.3 Å². The van der Waals surface area contributed by atoms with Crippen LogP contribution < -0.4 is 11.1 Å². The average Bonchev–Trinajstić information content (AvgIpc) is 2.96. The lowest BCUT2D eigenvalue weighted by atomic mass is 10.0. The largest absolute Gasteiger partial charge is 0.420 e. The van der Waals surface area contributed by atoms with Gasteiger partial charge in [-0.25, -0.2) is 4.79 Å². The number of hydrogen-bond acceptors (Lipinski definition) is 3. The number of carbonyl (C=O) groups excluding carboxylic acids is 1. The molecule has 0 fully saturated rings. The van der Waals surface area contributed by atoms with Gasteiger partial charge in [-0.2, -0.15) is 13.2 Å². The summed E-state index contributed by atoms with van der Waals surface area (Å²) in [5.74, 6) is -1.18. The number of oxazole rings is 1. The van der Waals surface area contributed by atoms with E-state index in [9.17, 15) is 22.8 Å². The maximum absolute atomic E-state index is 12.9. The van der Waals surface area contributed by atoms with E-state index in [4.69, 9.17) is 4.42 Å². The molecule has 0 aliphatic carbocycles. The van der Waals surface area contributed by atoms with E-state index >= 15 is 0 Å². The molecule has 1 heterocycles. The minimum Gasteiger partial charge on any atom is -0.408 e. The van der Waals surface area contributed by atoms with Gasteiger partial charge < -0.3 is 9.73 Å².